The number of carbonyl (C=O) groups is 1. The summed E-state index contributed by atoms with van der Waals surface area (Å²) < 4.78 is 7.40. The van der Waals surface area contributed by atoms with E-state index in [-0.39, 0.29) is 0 Å². The minimum absolute atomic E-state index is 0.422. The van der Waals surface area contributed by atoms with Crippen LogP contribution in [0.4, 0.5) is 4.79 Å². The normalized spacial score (nSPS) is 10.4. The second-order valence-electron chi connectivity index (χ2n) is 4.11. The van der Waals surface area contributed by atoms with Gasteiger partial charge in [-0.1, -0.05) is 17.8 Å². The SMILES string of the molecule is COc1cccc(Sc2sc(CCNC(=O)O)cc2Br)c1. The van der Waals surface area contributed by atoms with E-state index >= 15 is 0 Å². The Morgan fingerprint density at radius 3 is 3.00 bits per heavy atom. The van der Waals surface area contributed by atoms with Gasteiger partial charge in [0, 0.05) is 20.8 Å². The van der Waals surface area contributed by atoms with Gasteiger partial charge in [0.15, 0.2) is 0 Å². The lowest BCUT2D eigenvalue weighted by Crippen LogP contribution is -2.22. The molecular formula is C14H14BrNO3S2. The number of rotatable bonds is 6. The zero-order valence-corrected chi connectivity index (χ0v) is 14.5. The summed E-state index contributed by atoms with van der Waals surface area (Å²) in [5.41, 5.74) is 0. The van der Waals surface area contributed by atoms with Crippen LogP contribution in [-0.2, 0) is 6.42 Å². The van der Waals surface area contributed by atoms with Crippen LogP contribution in [0.25, 0.3) is 0 Å². The molecule has 1 heterocycles. The molecule has 0 fully saturated rings. The van der Waals surface area contributed by atoms with Gasteiger partial charge in [0.25, 0.3) is 0 Å². The van der Waals surface area contributed by atoms with Crippen molar-refractivity contribution in [3.05, 3.63) is 39.7 Å². The van der Waals surface area contributed by atoms with Gasteiger partial charge >= 0.3 is 6.09 Å². The van der Waals surface area contributed by atoms with Crippen molar-refractivity contribution in [3.8, 4) is 5.75 Å². The summed E-state index contributed by atoms with van der Waals surface area (Å²) in [6, 6.07) is 9.93. The molecule has 0 bridgehead atoms. The fourth-order valence-electron chi connectivity index (χ4n) is 1.65. The van der Waals surface area contributed by atoms with Gasteiger partial charge in [-0.25, -0.2) is 4.79 Å². The lowest BCUT2D eigenvalue weighted by molar-refractivity contribution is 0.194. The van der Waals surface area contributed by atoms with E-state index in [1.807, 2.05) is 30.3 Å². The molecule has 1 aromatic carbocycles. The Bertz CT molecular complexity index is 630. The second kappa shape index (κ2) is 7.72. The number of ether oxygens (including phenoxy) is 1. The summed E-state index contributed by atoms with van der Waals surface area (Å²) >= 11 is 6.87. The minimum Gasteiger partial charge on any atom is -0.497 e. The number of hydrogen-bond donors (Lipinski definition) is 2. The number of methoxy groups -OCH3 is 1. The summed E-state index contributed by atoms with van der Waals surface area (Å²) in [5.74, 6) is 0.832. The number of carboxylic acid groups (broad SMARTS) is 1. The molecule has 0 aliphatic heterocycles. The van der Waals surface area contributed by atoms with Crippen LogP contribution in [-0.4, -0.2) is 24.9 Å². The number of nitrogens with one attached hydrogen (secondary N) is 1. The first-order valence-electron chi connectivity index (χ1n) is 6.15. The smallest absolute Gasteiger partial charge is 0.404 e. The zero-order valence-electron chi connectivity index (χ0n) is 11.3. The van der Waals surface area contributed by atoms with Gasteiger partial charge in [-0.2, -0.15) is 0 Å². The molecule has 7 heteroatoms. The Labute approximate surface area is 139 Å². The molecule has 2 rings (SSSR count). The van der Waals surface area contributed by atoms with Crippen LogP contribution in [0.1, 0.15) is 4.88 Å². The molecule has 0 aliphatic carbocycles. The summed E-state index contributed by atoms with van der Waals surface area (Å²) in [6.45, 7) is 0.422. The zero-order chi connectivity index (χ0) is 15.2. The van der Waals surface area contributed by atoms with Crippen molar-refractivity contribution < 1.29 is 14.6 Å². The molecule has 0 aliphatic rings. The van der Waals surface area contributed by atoms with Gasteiger partial charge in [-0.3, -0.25) is 0 Å². The molecule has 2 aromatic rings. The molecule has 0 unspecified atom stereocenters. The third-order valence-corrected chi connectivity index (χ3v) is 6.14. The van der Waals surface area contributed by atoms with Crippen molar-refractivity contribution in [2.45, 2.75) is 15.5 Å². The monoisotopic (exact) mass is 387 g/mol. The van der Waals surface area contributed by atoms with E-state index in [2.05, 4.69) is 21.2 Å². The summed E-state index contributed by atoms with van der Waals surface area (Å²) in [7, 11) is 1.65. The molecule has 1 aromatic heterocycles. The first-order chi connectivity index (χ1) is 10.1. The van der Waals surface area contributed by atoms with Gasteiger partial charge in [0.2, 0.25) is 0 Å². The van der Waals surface area contributed by atoms with Crippen LogP contribution in [0.5, 0.6) is 5.75 Å². The number of thiophene rings is 1. The van der Waals surface area contributed by atoms with Crippen LogP contribution < -0.4 is 10.1 Å². The highest BCUT2D eigenvalue weighted by Crippen LogP contribution is 2.40. The van der Waals surface area contributed by atoms with Crippen molar-refractivity contribution in [2.24, 2.45) is 0 Å². The van der Waals surface area contributed by atoms with Crippen molar-refractivity contribution in [1.29, 1.82) is 0 Å². The van der Waals surface area contributed by atoms with E-state index in [0.717, 1.165) is 24.2 Å². The minimum atomic E-state index is -0.989. The third-order valence-electron chi connectivity index (χ3n) is 2.61. The van der Waals surface area contributed by atoms with E-state index < -0.39 is 6.09 Å². The molecule has 1 amide bonds. The fraction of sp³-hybridized carbons (Fsp3) is 0.214. The number of benzene rings is 1. The van der Waals surface area contributed by atoms with Crippen molar-refractivity contribution in [3.63, 3.8) is 0 Å². The van der Waals surface area contributed by atoms with Crippen LogP contribution in [0.2, 0.25) is 0 Å². The highest BCUT2D eigenvalue weighted by Gasteiger charge is 2.09. The van der Waals surface area contributed by atoms with Gasteiger partial charge in [-0.05, 0) is 46.6 Å². The van der Waals surface area contributed by atoms with E-state index in [1.165, 1.54) is 0 Å². The highest BCUT2D eigenvalue weighted by atomic mass is 79.9. The summed E-state index contributed by atoms with van der Waals surface area (Å²) in [5, 5.41) is 10.9. The van der Waals surface area contributed by atoms with E-state index in [4.69, 9.17) is 9.84 Å². The summed E-state index contributed by atoms with van der Waals surface area (Å²) in [4.78, 5) is 12.7. The van der Waals surface area contributed by atoms with Crippen molar-refractivity contribution in [2.75, 3.05) is 13.7 Å². The molecule has 21 heavy (non-hydrogen) atoms. The quantitative estimate of drug-likeness (QED) is 0.766. The first-order valence-corrected chi connectivity index (χ1v) is 8.58. The highest BCUT2D eigenvalue weighted by molar-refractivity contribution is 9.10. The standard InChI is InChI=1S/C14H14BrNO3S2/c1-19-9-3-2-4-10(7-9)20-13-12(15)8-11(21-13)5-6-16-14(17)18/h2-4,7-8,16H,5-6H2,1H3,(H,17,18). The van der Waals surface area contributed by atoms with Crippen molar-refractivity contribution in [1.82, 2.24) is 5.32 Å². The Balaban J connectivity index is 2.03. The fourth-order valence-corrected chi connectivity index (χ4v) is 4.81. The molecule has 0 radical (unpaired) electrons. The maximum Gasteiger partial charge on any atom is 0.404 e. The van der Waals surface area contributed by atoms with E-state index in [1.54, 1.807) is 30.2 Å². The molecule has 112 valence electrons. The summed E-state index contributed by atoms with van der Waals surface area (Å²) in [6.07, 6.45) is -0.301. The molecular weight excluding hydrogens is 374 g/mol. The number of amides is 1. The lowest BCUT2D eigenvalue weighted by Gasteiger charge is -2.03. The predicted molar refractivity (Wildman–Crippen MR) is 88.9 cm³/mol. The van der Waals surface area contributed by atoms with E-state index in [0.29, 0.717) is 13.0 Å². The Morgan fingerprint density at radius 1 is 1.48 bits per heavy atom. The van der Waals surface area contributed by atoms with Gasteiger partial charge < -0.3 is 15.2 Å². The molecule has 2 N–H and O–H groups in total. The lowest BCUT2D eigenvalue weighted by atomic mass is 10.3. The molecule has 0 spiro atoms. The maximum atomic E-state index is 10.4. The largest absolute Gasteiger partial charge is 0.497 e. The topological polar surface area (TPSA) is 58.6 Å². The van der Waals surface area contributed by atoms with Gasteiger partial charge in [0.1, 0.15) is 5.75 Å². The number of halogens is 1. The van der Waals surface area contributed by atoms with Crippen LogP contribution in [0.15, 0.2) is 43.9 Å². The van der Waals surface area contributed by atoms with Crippen LogP contribution in [0, 0.1) is 0 Å². The van der Waals surface area contributed by atoms with Gasteiger partial charge in [-0.15, -0.1) is 11.3 Å². The Hall–Kier alpha value is -1.18. The van der Waals surface area contributed by atoms with E-state index in [9.17, 15) is 4.79 Å². The maximum absolute atomic E-state index is 10.4. The molecule has 0 saturated carbocycles. The van der Waals surface area contributed by atoms with Crippen molar-refractivity contribution >= 4 is 45.1 Å². The van der Waals surface area contributed by atoms with Crippen LogP contribution >= 0.6 is 39.0 Å². The average Bonchev–Trinajstić information content (AvgIpc) is 2.79. The second-order valence-corrected chi connectivity index (χ2v) is 7.44. The molecule has 0 saturated heterocycles. The predicted octanol–water partition coefficient (Wildman–Crippen LogP) is 4.48. The van der Waals surface area contributed by atoms with Crippen LogP contribution in [0.3, 0.4) is 0 Å². The Morgan fingerprint density at radius 2 is 2.29 bits per heavy atom. The molecule has 0 atom stereocenters. The first kappa shape index (κ1) is 16.2. The Kier molecular flexibility index (Phi) is 5.96. The third kappa shape index (κ3) is 4.94. The van der Waals surface area contributed by atoms with Gasteiger partial charge in [0.05, 0.1) is 11.3 Å². The average molecular weight is 388 g/mol. The molecule has 4 nitrogen and oxygen atoms in total. The number of hydrogen-bond acceptors (Lipinski definition) is 4.